The molecule has 1 aliphatic carbocycles. The third-order valence-corrected chi connectivity index (χ3v) is 3.28. The molecule has 0 saturated heterocycles. The Kier molecular flexibility index (Phi) is 1.91. The summed E-state index contributed by atoms with van der Waals surface area (Å²) in [5, 5.41) is 11.6. The lowest BCUT2D eigenvalue weighted by Gasteiger charge is -2.04. The maximum atomic E-state index is 8.48. The van der Waals surface area contributed by atoms with Crippen molar-refractivity contribution < 1.29 is 9.94 Å². The van der Waals surface area contributed by atoms with Crippen molar-refractivity contribution in [1.82, 2.24) is 0 Å². The zero-order chi connectivity index (χ0) is 10.3. The van der Waals surface area contributed by atoms with Crippen LogP contribution in [0.3, 0.4) is 0 Å². The number of hydrogen-bond donors (Lipinski definition) is 1. The third kappa shape index (κ3) is 1.39. The Morgan fingerprint density at radius 1 is 1.47 bits per heavy atom. The van der Waals surface area contributed by atoms with Crippen LogP contribution in [0.15, 0.2) is 23.4 Å². The summed E-state index contributed by atoms with van der Waals surface area (Å²) in [6, 6.07) is 6.25. The second-order valence-corrected chi connectivity index (χ2v) is 4.19. The first-order chi connectivity index (χ1) is 7.40. The number of hydrogen-bond acceptors (Lipinski definition) is 3. The van der Waals surface area contributed by atoms with Crippen molar-refractivity contribution in [3.8, 4) is 5.75 Å². The van der Waals surface area contributed by atoms with Gasteiger partial charge in [0.25, 0.3) is 0 Å². The van der Waals surface area contributed by atoms with Crippen LogP contribution in [0.1, 0.15) is 23.5 Å². The van der Waals surface area contributed by atoms with Crippen molar-refractivity contribution in [3.05, 3.63) is 29.3 Å². The van der Waals surface area contributed by atoms with Gasteiger partial charge in [-0.15, -0.1) is 5.16 Å². The second-order valence-electron chi connectivity index (χ2n) is 4.19. The van der Waals surface area contributed by atoms with Gasteiger partial charge in [-0.25, -0.2) is 0 Å². The molecule has 1 aromatic carbocycles. The molecular weight excluding hydrogens is 190 g/mol. The molecule has 0 amide bonds. The van der Waals surface area contributed by atoms with Crippen LogP contribution in [0.5, 0.6) is 5.75 Å². The fraction of sp³-hybridized carbons (Fsp3) is 0.417. The van der Waals surface area contributed by atoms with E-state index in [0.717, 1.165) is 25.2 Å². The van der Waals surface area contributed by atoms with E-state index in [0.29, 0.717) is 11.8 Å². The first-order valence-corrected chi connectivity index (χ1v) is 5.32. The quantitative estimate of drug-likeness (QED) is 0.454. The maximum absolute atomic E-state index is 8.48. The van der Waals surface area contributed by atoms with Crippen LogP contribution in [-0.4, -0.2) is 18.0 Å². The van der Waals surface area contributed by atoms with E-state index in [4.69, 9.17) is 9.94 Å². The summed E-state index contributed by atoms with van der Waals surface area (Å²) in [6.07, 6.45) is 3.76. The fourth-order valence-corrected chi connectivity index (χ4v) is 2.42. The smallest absolute Gasteiger partial charge is 0.122 e. The van der Waals surface area contributed by atoms with Gasteiger partial charge in [-0.1, -0.05) is 12.1 Å². The highest BCUT2D eigenvalue weighted by molar-refractivity contribution is 5.67. The molecule has 78 valence electrons. The summed E-state index contributed by atoms with van der Waals surface area (Å²) in [4.78, 5) is 0. The molecule has 1 heterocycles. The van der Waals surface area contributed by atoms with E-state index in [1.165, 1.54) is 11.1 Å². The van der Waals surface area contributed by atoms with E-state index in [1.54, 1.807) is 6.21 Å². The Hall–Kier alpha value is -1.51. The van der Waals surface area contributed by atoms with E-state index in [-0.39, 0.29) is 0 Å². The van der Waals surface area contributed by atoms with Crippen molar-refractivity contribution in [1.29, 1.82) is 0 Å². The Bertz CT molecular complexity index is 414. The molecule has 3 heteroatoms. The van der Waals surface area contributed by atoms with Crippen LogP contribution in [0.25, 0.3) is 0 Å². The standard InChI is InChI=1S/C12H13NO2/c14-13-7-8-6-11(8)9-2-1-3-12-10(9)4-5-15-12/h1-3,7-8,11,14H,4-6H2/b13-7+/t8-,11?/m0/s1. The number of ether oxygens (including phenoxy) is 1. The van der Waals surface area contributed by atoms with Gasteiger partial charge in [0.05, 0.1) is 6.61 Å². The van der Waals surface area contributed by atoms with E-state index >= 15 is 0 Å². The van der Waals surface area contributed by atoms with E-state index in [2.05, 4.69) is 11.2 Å². The minimum Gasteiger partial charge on any atom is -0.493 e. The second kappa shape index (κ2) is 3.26. The SMILES string of the molecule is O/N=C/[C@@H]1CC1c1cccc2c1CCO2. The summed E-state index contributed by atoms with van der Waals surface area (Å²) in [5.74, 6) is 2.00. The van der Waals surface area contributed by atoms with Gasteiger partial charge in [0, 0.05) is 24.1 Å². The minimum absolute atomic E-state index is 0.419. The topological polar surface area (TPSA) is 41.8 Å². The summed E-state index contributed by atoms with van der Waals surface area (Å²) >= 11 is 0. The first kappa shape index (κ1) is 8.77. The van der Waals surface area contributed by atoms with Crippen LogP contribution in [-0.2, 0) is 6.42 Å². The lowest BCUT2D eigenvalue weighted by molar-refractivity contribution is 0.320. The van der Waals surface area contributed by atoms with Crippen LogP contribution in [0, 0.1) is 5.92 Å². The molecule has 0 bridgehead atoms. The van der Waals surface area contributed by atoms with Gasteiger partial charge in [-0.05, 0) is 24.0 Å². The minimum atomic E-state index is 0.419. The van der Waals surface area contributed by atoms with Gasteiger partial charge < -0.3 is 9.94 Å². The molecule has 1 aromatic rings. The van der Waals surface area contributed by atoms with Gasteiger partial charge in [0.15, 0.2) is 0 Å². The summed E-state index contributed by atoms with van der Waals surface area (Å²) in [7, 11) is 0. The Balaban J connectivity index is 1.91. The van der Waals surface area contributed by atoms with Gasteiger partial charge >= 0.3 is 0 Å². The van der Waals surface area contributed by atoms with Crippen molar-refractivity contribution in [2.24, 2.45) is 11.1 Å². The van der Waals surface area contributed by atoms with Crippen molar-refractivity contribution in [2.45, 2.75) is 18.8 Å². The van der Waals surface area contributed by atoms with Crippen LogP contribution >= 0.6 is 0 Å². The number of oxime groups is 1. The molecule has 1 aliphatic heterocycles. The van der Waals surface area contributed by atoms with E-state index in [1.807, 2.05) is 12.1 Å². The highest BCUT2D eigenvalue weighted by atomic mass is 16.5. The van der Waals surface area contributed by atoms with Gasteiger partial charge in [-0.3, -0.25) is 0 Å². The Morgan fingerprint density at radius 2 is 2.40 bits per heavy atom. The monoisotopic (exact) mass is 203 g/mol. The molecule has 2 aliphatic rings. The highest BCUT2D eigenvalue weighted by Crippen LogP contribution is 2.49. The van der Waals surface area contributed by atoms with E-state index in [9.17, 15) is 0 Å². The molecular formula is C12H13NO2. The zero-order valence-electron chi connectivity index (χ0n) is 8.39. The average Bonchev–Trinajstić information content (AvgIpc) is 2.84. The largest absolute Gasteiger partial charge is 0.493 e. The molecule has 1 fully saturated rings. The number of rotatable bonds is 2. The van der Waals surface area contributed by atoms with Crippen LogP contribution < -0.4 is 4.74 Å². The van der Waals surface area contributed by atoms with E-state index < -0.39 is 0 Å². The summed E-state index contributed by atoms with van der Waals surface area (Å²) in [5.41, 5.74) is 2.74. The highest BCUT2D eigenvalue weighted by Gasteiger charge is 2.39. The molecule has 1 saturated carbocycles. The molecule has 15 heavy (non-hydrogen) atoms. The predicted molar refractivity (Wildman–Crippen MR) is 56.8 cm³/mol. The normalized spacial score (nSPS) is 27.7. The van der Waals surface area contributed by atoms with Crippen LogP contribution in [0.4, 0.5) is 0 Å². The average molecular weight is 203 g/mol. The van der Waals surface area contributed by atoms with Gasteiger partial charge in [0.1, 0.15) is 5.75 Å². The molecule has 1 N–H and O–H groups in total. The third-order valence-electron chi connectivity index (χ3n) is 3.28. The number of fused-ring (bicyclic) bond motifs is 1. The molecule has 3 nitrogen and oxygen atoms in total. The zero-order valence-corrected chi connectivity index (χ0v) is 8.39. The molecule has 3 rings (SSSR count). The molecule has 0 radical (unpaired) electrons. The summed E-state index contributed by atoms with van der Waals surface area (Å²) < 4.78 is 5.53. The molecule has 0 aromatic heterocycles. The van der Waals surface area contributed by atoms with Crippen molar-refractivity contribution >= 4 is 6.21 Å². The molecule has 0 spiro atoms. The van der Waals surface area contributed by atoms with Crippen molar-refractivity contribution in [3.63, 3.8) is 0 Å². The van der Waals surface area contributed by atoms with Crippen molar-refractivity contribution in [2.75, 3.05) is 6.61 Å². The fourth-order valence-electron chi connectivity index (χ4n) is 2.42. The maximum Gasteiger partial charge on any atom is 0.122 e. The molecule has 2 atom stereocenters. The van der Waals surface area contributed by atoms with Gasteiger partial charge in [-0.2, -0.15) is 0 Å². The van der Waals surface area contributed by atoms with Gasteiger partial charge in [0.2, 0.25) is 0 Å². The summed E-state index contributed by atoms with van der Waals surface area (Å²) in [6.45, 7) is 0.803. The first-order valence-electron chi connectivity index (χ1n) is 5.32. The lowest BCUT2D eigenvalue weighted by atomic mass is 10.0. The lowest BCUT2D eigenvalue weighted by Crippen LogP contribution is -1.91. The Morgan fingerprint density at radius 3 is 3.27 bits per heavy atom. The molecule has 1 unspecified atom stereocenters. The Labute approximate surface area is 88.4 Å². The number of benzene rings is 1. The predicted octanol–water partition coefficient (Wildman–Crippen LogP) is 2.18. The number of nitrogens with zero attached hydrogens (tertiary/aromatic N) is 1. The van der Waals surface area contributed by atoms with Crippen LogP contribution in [0.2, 0.25) is 0 Å².